The fraction of sp³-hybridized carbons (Fsp3) is 0.312. The molecule has 1 amide bonds. The van der Waals surface area contributed by atoms with Gasteiger partial charge in [0.2, 0.25) is 0 Å². The number of rotatable bonds is 8. The maximum atomic E-state index is 12.4. The van der Waals surface area contributed by atoms with E-state index in [4.69, 9.17) is 17.3 Å². The van der Waals surface area contributed by atoms with Gasteiger partial charge in [0.25, 0.3) is 11.6 Å². The second-order valence-electron chi connectivity index (χ2n) is 5.39. The third-order valence-electron chi connectivity index (χ3n) is 3.52. The van der Waals surface area contributed by atoms with Gasteiger partial charge in [-0.2, -0.15) is 0 Å². The lowest BCUT2D eigenvalue weighted by Crippen LogP contribution is -2.29. The number of nitro benzene ring substituents is 1. The molecular formula is C16H16N2O5S2. The second kappa shape index (κ2) is 8.72. The smallest absolute Gasteiger partial charge is 0.303 e. The Labute approximate surface area is 153 Å². The topological polar surface area (TPSA) is 101 Å². The third kappa shape index (κ3) is 5.36. The minimum absolute atomic E-state index is 0.0392. The molecule has 0 radical (unpaired) electrons. The number of unbranched alkanes of at least 4 members (excludes halogenated alkanes) is 2. The van der Waals surface area contributed by atoms with Gasteiger partial charge in [-0.3, -0.25) is 24.6 Å². The molecule has 0 unspecified atom stereocenters. The molecule has 1 aromatic carbocycles. The summed E-state index contributed by atoms with van der Waals surface area (Å²) in [6.45, 7) is 0.441. The average molecular weight is 380 g/mol. The van der Waals surface area contributed by atoms with Gasteiger partial charge in [-0.15, -0.1) is 0 Å². The van der Waals surface area contributed by atoms with Crippen LogP contribution < -0.4 is 0 Å². The normalized spacial score (nSPS) is 15.8. The average Bonchev–Trinajstić information content (AvgIpc) is 2.81. The van der Waals surface area contributed by atoms with Gasteiger partial charge >= 0.3 is 5.97 Å². The minimum atomic E-state index is -0.828. The predicted octanol–water partition coefficient (Wildman–Crippen LogP) is 3.44. The van der Waals surface area contributed by atoms with Crippen LogP contribution in [0.2, 0.25) is 0 Å². The molecule has 132 valence electrons. The first-order valence-corrected chi connectivity index (χ1v) is 8.82. The number of amides is 1. The first-order chi connectivity index (χ1) is 11.9. The predicted molar refractivity (Wildman–Crippen MR) is 99.1 cm³/mol. The molecule has 0 bridgehead atoms. The summed E-state index contributed by atoms with van der Waals surface area (Å²) in [7, 11) is 0. The molecule has 7 nitrogen and oxygen atoms in total. The molecule has 1 heterocycles. The Morgan fingerprint density at radius 1 is 1.36 bits per heavy atom. The largest absolute Gasteiger partial charge is 0.481 e. The lowest BCUT2D eigenvalue weighted by atomic mass is 10.1. The monoisotopic (exact) mass is 380 g/mol. The van der Waals surface area contributed by atoms with Crippen LogP contribution in [0.15, 0.2) is 29.2 Å². The summed E-state index contributed by atoms with van der Waals surface area (Å²) < 4.78 is 0.444. The SMILES string of the molecule is O=C(O)CCCCCN1C(=O)/C(=C\c2cccc([N+](=O)[O-])c2)SC1=S. The Morgan fingerprint density at radius 3 is 2.80 bits per heavy atom. The van der Waals surface area contributed by atoms with E-state index in [1.165, 1.54) is 17.0 Å². The molecule has 1 aliphatic heterocycles. The number of carbonyl (C=O) groups excluding carboxylic acids is 1. The summed E-state index contributed by atoms with van der Waals surface area (Å²) in [6.07, 6.45) is 3.65. The van der Waals surface area contributed by atoms with Gasteiger partial charge in [0.05, 0.1) is 9.83 Å². The number of non-ortho nitro benzene ring substituents is 1. The molecule has 1 N–H and O–H groups in total. The standard InChI is InChI=1S/C16H16N2O5S2/c19-14(20)7-2-1-3-8-17-15(21)13(25-16(17)24)10-11-5-4-6-12(9-11)18(22)23/h4-6,9-10H,1-3,7-8H2,(H,19,20)/b13-10+. The lowest BCUT2D eigenvalue weighted by molar-refractivity contribution is -0.384. The number of hydrogen-bond acceptors (Lipinski definition) is 6. The van der Waals surface area contributed by atoms with Crippen LogP contribution in [-0.4, -0.2) is 37.7 Å². The molecule has 2 rings (SSSR count). The minimum Gasteiger partial charge on any atom is -0.481 e. The van der Waals surface area contributed by atoms with Gasteiger partial charge in [0, 0.05) is 25.1 Å². The summed E-state index contributed by atoms with van der Waals surface area (Å²) in [4.78, 5) is 35.1. The first kappa shape index (κ1) is 19.1. The molecule has 1 saturated heterocycles. The van der Waals surface area contributed by atoms with Crippen LogP contribution >= 0.6 is 24.0 Å². The molecule has 0 aromatic heterocycles. The summed E-state index contributed by atoms with van der Waals surface area (Å²) in [5, 5.41) is 19.4. The van der Waals surface area contributed by atoms with Crippen molar-refractivity contribution in [3.63, 3.8) is 0 Å². The lowest BCUT2D eigenvalue weighted by Gasteiger charge is -2.13. The van der Waals surface area contributed by atoms with Gasteiger partial charge in [0.1, 0.15) is 4.32 Å². The van der Waals surface area contributed by atoms with E-state index in [1.54, 1.807) is 18.2 Å². The Hall–Kier alpha value is -2.26. The highest BCUT2D eigenvalue weighted by atomic mass is 32.2. The van der Waals surface area contributed by atoms with E-state index in [0.717, 1.165) is 11.8 Å². The zero-order valence-electron chi connectivity index (χ0n) is 13.2. The Kier molecular flexibility index (Phi) is 6.65. The van der Waals surface area contributed by atoms with Crippen molar-refractivity contribution in [2.24, 2.45) is 0 Å². The number of nitro groups is 1. The van der Waals surface area contributed by atoms with E-state index in [2.05, 4.69) is 0 Å². The van der Waals surface area contributed by atoms with Crippen molar-refractivity contribution in [2.75, 3.05) is 6.54 Å². The maximum absolute atomic E-state index is 12.4. The molecule has 25 heavy (non-hydrogen) atoms. The maximum Gasteiger partial charge on any atom is 0.303 e. The van der Waals surface area contributed by atoms with Crippen molar-refractivity contribution >= 4 is 51.9 Å². The number of benzene rings is 1. The number of nitrogens with zero attached hydrogens (tertiary/aromatic N) is 2. The Bertz CT molecular complexity index is 748. The number of thioether (sulfide) groups is 1. The molecule has 0 saturated carbocycles. The van der Waals surface area contributed by atoms with Crippen molar-refractivity contribution in [2.45, 2.75) is 25.7 Å². The highest BCUT2D eigenvalue weighted by Gasteiger charge is 2.31. The van der Waals surface area contributed by atoms with Gasteiger partial charge < -0.3 is 5.11 Å². The molecule has 0 atom stereocenters. The summed E-state index contributed by atoms with van der Waals surface area (Å²) in [6, 6.07) is 6.04. The number of carbonyl (C=O) groups is 2. The number of hydrogen-bond donors (Lipinski definition) is 1. The van der Waals surface area contributed by atoms with Crippen molar-refractivity contribution in [1.82, 2.24) is 4.90 Å². The number of aliphatic carboxylic acids is 1. The highest BCUT2D eigenvalue weighted by Crippen LogP contribution is 2.33. The van der Waals surface area contributed by atoms with Crippen molar-refractivity contribution in [3.8, 4) is 0 Å². The van der Waals surface area contributed by atoms with Crippen LogP contribution in [0.25, 0.3) is 6.08 Å². The zero-order chi connectivity index (χ0) is 18.4. The van der Waals surface area contributed by atoms with E-state index in [9.17, 15) is 19.7 Å². The fourth-order valence-corrected chi connectivity index (χ4v) is 3.60. The van der Waals surface area contributed by atoms with Gasteiger partial charge in [-0.1, -0.05) is 42.5 Å². The van der Waals surface area contributed by atoms with Crippen LogP contribution in [0.3, 0.4) is 0 Å². The van der Waals surface area contributed by atoms with Gasteiger partial charge in [-0.25, -0.2) is 0 Å². The van der Waals surface area contributed by atoms with Crippen molar-refractivity contribution < 1.29 is 19.6 Å². The summed E-state index contributed by atoms with van der Waals surface area (Å²) in [5.41, 5.74) is 0.527. The van der Waals surface area contributed by atoms with E-state index < -0.39 is 10.9 Å². The van der Waals surface area contributed by atoms with E-state index in [-0.39, 0.29) is 18.0 Å². The first-order valence-electron chi connectivity index (χ1n) is 7.60. The van der Waals surface area contributed by atoms with Crippen LogP contribution in [-0.2, 0) is 9.59 Å². The van der Waals surface area contributed by atoms with Crippen LogP contribution in [0.1, 0.15) is 31.2 Å². The Morgan fingerprint density at radius 2 is 2.12 bits per heavy atom. The quantitative estimate of drug-likeness (QED) is 0.242. The summed E-state index contributed by atoms with van der Waals surface area (Å²) >= 11 is 6.39. The Balaban J connectivity index is 1.99. The van der Waals surface area contributed by atoms with Crippen molar-refractivity contribution in [1.29, 1.82) is 0 Å². The van der Waals surface area contributed by atoms with E-state index in [1.807, 2.05) is 0 Å². The molecular weight excluding hydrogens is 364 g/mol. The third-order valence-corrected chi connectivity index (χ3v) is 4.90. The van der Waals surface area contributed by atoms with Gasteiger partial charge in [0.15, 0.2) is 0 Å². The fourth-order valence-electron chi connectivity index (χ4n) is 2.30. The second-order valence-corrected chi connectivity index (χ2v) is 7.07. The molecule has 1 aromatic rings. The number of carboxylic acids is 1. The van der Waals surface area contributed by atoms with E-state index in [0.29, 0.717) is 40.6 Å². The number of thiocarbonyl (C=S) groups is 1. The van der Waals surface area contributed by atoms with Crippen LogP contribution in [0.5, 0.6) is 0 Å². The highest BCUT2D eigenvalue weighted by molar-refractivity contribution is 8.26. The molecule has 9 heteroatoms. The molecule has 1 fully saturated rings. The van der Waals surface area contributed by atoms with E-state index >= 15 is 0 Å². The van der Waals surface area contributed by atoms with Crippen LogP contribution in [0.4, 0.5) is 5.69 Å². The van der Waals surface area contributed by atoms with Gasteiger partial charge in [-0.05, 0) is 24.5 Å². The number of carboxylic acid groups (broad SMARTS) is 1. The van der Waals surface area contributed by atoms with Crippen LogP contribution in [0, 0.1) is 10.1 Å². The molecule has 1 aliphatic rings. The zero-order valence-corrected chi connectivity index (χ0v) is 14.8. The molecule has 0 aliphatic carbocycles. The molecule has 0 spiro atoms. The van der Waals surface area contributed by atoms with Crippen molar-refractivity contribution in [3.05, 3.63) is 44.8 Å². The summed E-state index contributed by atoms with van der Waals surface area (Å²) in [5.74, 6) is -1.05.